The highest BCUT2D eigenvalue weighted by Gasteiger charge is 2.12. The van der Waals surface area contributed by atoms with E-state index in [2.05, 4.69) is 34.1 Å². The smallest absolute Gasteiger partial charge is 0.0876 e. The van der Waals surface area contributed by atoms with Gasteiger partial charge < -0.3 is 9.34 Å². The van der Waals surface area contributed by atoms with Crippen molar-refractivity contribution < 1.29 is 0 Å². The molecule has 2 aliphatic rings. The quantitative estimate of drug-likeness (QED) is 0.432. The molecule has 2 heterocycles. The molecule has 0 N–H and O–H groups in total. The molecule has 2 rings (SSSR count). The van der Waals surface area contributed by atoms with Gasteiger partial charge in [-0.3, -0.25) is 0 Å². The zero-order valence-electron chi connectivity index (χ0n) is 3.70. The summed E-state index contributed by atoms with van der Waals surface area (Å²) >= 11 is 0. The van der Waals surface area contributed by atoms with E-state index in [-0.39, 0.29) is 0 Å². The van der Waals surface area contributed by atoms with Crippen LogP contribution in [-0.2, 0) is 0 Å². The second-order valence-corrected chi connectivity index (χ2v) is 2.74. The lowest BCUT2D eigenvalue weighted by Crippen LogP contribution is -1.85. The van der Waals surface area contributed by atoms with Crippen LogP contribution in [-0.4, -0.2) is 9.34 Å². The van der Waals surface area contributed by atoms with Gasteiger partial charge in [-0.2, -0.15) is 0 Å². The fourth-order valence-electron chi connectivity index (χ4n) is 0.653. The molecule has 0 saturated carbocycles. The zero-order valence-corrected chi connectivity index (χ0v) is 4.70. The van der Waals surface area contributed by atoms with Gasteiger partial charge >= 0.3 is 0 Å². The Bertz CT molecular complexity index is 113. The van der Waals surface area contributed by atoms with Gasteiger partial charge in [0, 0.05) is 24.8 Å². The van der Waals surface area contributed by atoms with Gasteiger partial charge in [0.2, 0.25) is 0 Å². The van der Waals surface area contributed by atoms with Gasteiger partial charge in [-0.05, 0) is 0 Å². The average molecular weight is 112 g/mol. The normalized spacial score (nSPS) is 22.9. The summed E-state index contributed by atoms with van der Waals surface area (Å²) in [6.45, 7) is 0. The van der Waals surface area contributed by atoms with E-state index in [1.807, 2.05) is 0 Å². The average Bonchev–Trinajstić information content (AvgIpc) is 2.22. The van der Waals surface area contributed by atoms with Gasteiger partial charge in [-0.15, -0.1) is 0 Å². The molecule has 0 saturated heterocycles. The molecular weight excluding hydrogens is 107 g/mol. The molecule has 0 aromatic heterocycles. The highest BCUT2D eigenvalue weighted by atomic mass is 31.1. The van der Waals surface area contributed by atoms with E-state index in [0.717, 1.165) is 8.88 Å². The van der Waals surface area contributed by atoms with Crippen molar-refractivity contribution in [3.63, 3.8) is 0 Å². The van der Waals surface area contributed by atoms with E-state index in [1.54, 1.807) is 0 Å². The van der Waals surface area contributed by atoms with Crippen LogP contribution in [0, 0.1) is 0 Å². The Morgan fingerprint density at radius 3 is 1.43 bits per heavy atom. The van der Waals surface area contributed by atoms with Gasteiger partial charge in [0.25, 0.3) is 0 Å². The van der Waals surface area contributed by atoms with Gasteiger partial charge in [0.15, 0.2) is 0 Å². The summed E-state index contributed by atoms with van der Waals surface area (Å²) in [7, 11) is 0.812. The van der Waals surface area contributed by atoms with Gasteiger partial charge in [0.1, 0.15) is 0 Å². The fourth-order valence-corrected chi connectivity index (χ4v) is 1.45. The fraction of sp³-hybridized carbons (Fsp3) is 0. The van der Waals surface area contributed by atoms with Crippen LogP contribution in [0.25, 0.3) is 0 Å². The predicted octanol–water partition coefficient (Wildman–Crippen LogP) is 1.07. The highest BCUT2D eigenvalue weighted by Crippen LogP contribution is 2.36. The van der Waals surface area contributed by atoms with Crippen molar-refractivity contribution in [1.82, 2.24) is 9.34 Å². The van der Waals surface area contributed by atoms with Crippen molar-refractivity contribution in [2.45, 2.75) is 0 Å². The minimum absolute atomic E-state index is 0.812. The molecule has 0 fully saturated rings. The van der Waals surface area contributed by atoms with Crippen molar-refractivity contribution >= 4 is 8.88 Å². The van der Waals surface area contributed by atoms with Crippen LogP contribution in [0.1, 0.15) is 0 Å². The first-order valence-electron chi connectivity index (χ1n) is 2.15. The first-order valence-corrected chi connectivity index (χ1v) is 3.04. The lowest BCUT2D eigenvalue weighted by atomic mass is 10.7. The largest absolute Gasteiger partial charge is 0.315 e. The van der Waals surface area contributed by atoms with Crippen LogP contribution < -0.4 is 0 Å². The lowest BCUT2D eigenvalue weighted by molar-refractivity contribution is 0.829. The Kier molecular flexibility index (Phi) is 0.508. The number of fused-ring (bicyclic) bond motifs is 2. The number of nitrogens with zero attached hydrogens (tertiary/aromatic N) is 2. The second kappa shape index (κ2) is 1.01. The van der Waals surface area contributed by atoms with E-state index < -0.39 is 0 Å². The van der Waals surface area contributed by atoms with Crippen molar-refractivity contribution in [2.75, 3.05) is 0 Å². The summed E-state index contributed by atoms with van der Waals surface area (Å²) < 4.78 is 4.31. The molecule has 0 spiro atoms. The molecule has 0 aliphatic carbocycles. The van der Waals surface area contributed by atoms with Crippen LogP contribution in [0.4, 0.5) is 0 Å². The second-order valence-electron chi connectivity index (χ2n) is 1.51. The Labute approximate surface area is 44.0 Å². The van der Waals surface area contributed by atoms with Crippen molar-refractivity contribution in [2.24, 2.45) is 0 Å². The third kappa shape index (κ3) is 0.372. The highest BCUT2D eigenvalue weighted by molar-refractivity contribution is 7.33. The van der Waals surface area contributed by atoms with Crippen LogP contribution in [0.2, 0.25) is 0 Å². The maximum atomic E-state index is 2.15. The molecule has 2 nitrogen and oxygen atoms in total. The van der Waals surface area contributed by atoms with Crippen molar-refractivity contribution in [3.05, 3.63) is 24.8 Å². The minimum Gasteiger partial charge on any atom is -0.315 e. The Morgan fingerprint density at radius 2 is 1.29 bits per heavy atom. The Balaban J connectivity index is 2.38. The maximum absolute atomic E-state index is 2.15. The van der Waals surface area contributed by atoms with Crippen LogP contribution in [0.15, 0.2) is 24.8 Å². The molecule has 2 aliphatic heterocycles. The topological polar surface area (TPSA) is 6.48 Å². The third-order valence-electron chi connectivity index (χ3n) is 1.01. The first kappa shape index (κ1) is 3.50. The number of rotatable bonds is 0. The van der Waals surface area contributed by atoms with Crippen LogP contribution in [0.5, 0.6) is 0 Å². The molecule has 7 heavy (non-hydrogen) atoms. The molecule has 36 valence electrons. The molecule has 3 heteroatoms. The summed E-state index contributed by atoms with van der Waals surface area (Å²) in [6.07, 6.45) is 8.27. The van der Waals surface area contributed by atoms with Crippen molar-refractivity contribution in [3.8, 4) is 0 Å². The molecular formula is C4H5N2P. The molecule has 0 radical (unpaired) electrons. The van der Waals surface area contributed by atoms with E-state index >= 15 is 0 Å². The Morgan fingerprint density at radius 1 is 0.857 bits per heavy atom. The Hall–Kier alpha value is -0.490. The summed E-state index contributed by atoms with van der Waals surface area (Å²) in [5.74, 6) is 0. The summed E-state index contributed by atoms with van der Waals surface area (Å²) in [5.41, 5.74) is 0. The molecule has 0 aromatic carbocycles. The molecule has 0 unspecified atom stereocenters. The summed E-state index contributed by atoms with van der Waals surface area (Å²) in [5, 5.41) is 0. The van der Waals surface area contributed by atoms with Crippen molar-refractivity contribution in [1.29, 1.82) is 0 Å². The minimum atomic E-state index is 0.812. The predicted molar refractivity (Wildman–Crippen MR) is 30.3 cm³/mol. The SMILES string of the molecule is C1=CN2C=CN1P2. The van der Waals surface area contributed by atoms with Gasteiger partial charge in [-0.25, -0.2) is 0 Å². The van der Waals surface area contributed by atoms with E-state index in [4.69, 9.17) is 0 Å². The maximum Gasteiger partial charge on any atom is 0.0876 e. The standard InChI is InChI=1S/C4H5N2P/c1-2-6-4-3-5(1)7-6/h1-4,7H. The van der Waals surface area contributed by atoms with Crippen LogP contribution >= 0.6 is 8.88 Å². The molecule has 0 atom stereocenters. The molecule has 2 bridgehead atoms. The third-order valence-corrected chi connectivity index (χ3v) is 2.06. The summed E-state index contributed by atoms with van der Waals surface area (Å²) in [6, 6.07) is 0. The monoisotopic (exact) mass is 112 g/mol. The number of hydrogen-bond donors (Lipinski definition) is 0. The van der Waals surface area contributed by atoms with Gasteiger partial charge in [0.05, 0.1) is 8.88 Å². The van der Waals surface area contributed by atoms with E-state index in [1.165, 1.54) is 0 Å². The summed E-state index contributed by atoms with van der Waals surface area (Å²) in [4.78, 5) is 0. The van der Waals surface area contributed by atoms with E-state index in [0.29, 0.717) is 0 Å². The number of hydrogen-bond acceptors (Lipinski definition) is 2. The zero-order chi connectivity index (χ0) is 4.69. The molecule has 0 amide bonds. The van der Waals surface area contributed by atoms with Gasteiger partial charge in [-0.1, -0.05) is 0 Å². The lowest BCUT2D eigenvalue weighted by Gasteiger charge is -2.00. The molecule has 0 aromatic rings. The first-order chi connectivity index (χ1) is 3.45. The van der Waals surface area contributed by atoms with E-state index in [9.17, 15) is 0 Å². The van der Waals surface area contributed by atoms with Crippen LogP contribution in [0.3, 0.4) is 0 Å².